The molecular formula is C95H122ClF3I2K2N14O24. The van der Waals surface area contributed by atoms with Crippen LogP contribution in [0.25, 0.3) is 22.1 Å². The minimum atomic E-state index is -4.64. The van der Waals surface area contributed by atoms with Gasteiger partial charge < -0.3 is 118 Å². The normalized spacial score (nSPS) is 13.3. The van der Waals surface area contributed by atoms with Crippen molar-refractivity contribution < 1.29 is 281 Å². The van der Waals surface area contributed by atoms with Crippen LogP contribution in [0, 0.1) is 5.41 Å². The maximum atomic E-state index is 13.3. The molecule has 0 bridgehead atoms. The van der Waals surface area contributed by atoms with Crippen molar-refractivity contribution in [2.45, 2.75) is 172 Å². The van der Waals surface area contributed by atoms with Gasteiger partial charge in [-0.15, -0.1) is 22.1 Å². The third kappa shape index (κ3) is 42.7. The molecule has 1 spiro atoms. The molecule has 0 atom stereocenters. The third-order valence-electron chi connectivity index (χ3n) is 19.0. The van der Waals surface area contributed by atoms with Gasteiger partial charge in [0.2, 0.25) is 12.2 Å². The predicted octanol–water partition coefficient (Wildman–Crippen LogP) is -1.16. The summed E-state index contributed by atoms with van der Waals surface area (Å²) in [7, 11) is 3.25. The van der Waals surface area contributed by atoms with Gasteiger partial charge in [-0.05, 0) is 176 Å². The van der Waals surface area contributed by atoms with Gasteiger partial charge in [-0.2, -0.15) is 18.3 Å². The largest absolute Gasteiger partial charge is 1.00 e. The number of aliphatic hydroxyl groups is 1. The van der Waals surface area contributed by atoms with Crippen molar-refractivity contribution in [3.63, 3.8) is 0 Å². The molecule has 2 aromatic carbocycles. The summed E-state index contributed by atoms with van der Waals surface area (Å²) in [5, 5.41) is 33.2. The molecule has 10 aromatic heterocycles. The summed E-state index contributed by atoms with van der Waals surface area (Å²) in [6.45, 7) is 13.6. The van der Waals surface area contributed by atoms with Crippen LogP contribution in [0.4, 0.5) is 13.2 Å². The number of ether oxygens (including phenoxy) is 9. The Balaban J connectivity index is -0.00000166. The maximum Gasteiger partial charge on any atom is 1.00 e. The molecule has 0 unspecified atom stereocenters. The Bertz CT molecular complexity index is 5950. The van der Waals surface area contributed by atoms with Crippen LogP contribution in [-0.4, -0.2) is 181 Å². The Kier molecular flexibility index (Phi) is 63.4. The van der Waals surface area contributed by atoms with E-state index in [1.165, 1.54) is 18.5 Å². The number of nitrogen functional groups attached to an aromatic ring is 1. The number of rotatable bonds is 27. The van der Waals surface area contributed by atoms with E-state index in [1.54, 1.807) is 170 Å². The number of nitrogens with two attached hydrogens (primary N) is 2. The number of hydrogen-bond donors (Lipinski definition) is 6. The molecule has 0 saturated heterocycles. The number of esters is 5. The van der Waals surface area contributed by atoms with Gasteiger partial charge in [0.05, 0.1) is 98.9 Å². The number of primary amides is 1. The number of amides is 3. The number of carbonyl (C=O) groups excluding carboxylic acids is 10. The van der Waals surface area contributed by atoms with E-state index in [4.69, 9.17) is 66.4 Å². The summed E-state index contributed by atoms with van der Waals surface area (Å²) < 4.78 is 88.0. The van der Waals surface area contributed by atoms with Gasteiger partial charge in [0.15, 0.2) is 35.9 Å². The first-order chi connectivity index (χ1) is 63.6. The smallest absolute Gasteiger partial charge is 1.00 e. The first-order valence-electron chi connectivity index (χ1n) is 41.5. The summed E-state index contributed by atoms with van der Waals surface area (Å²) in [6, 6.07) is 46.0. The first kappa shape index (κ1) is 133. The van der Waals surface area contributed by atoms with Gasteiger partial charge in [-0.25, -0.2) is 29.1 Å². The second kappa shape index (κ2) is 67.3. The third-order valence-corrected chi connectivity index (χ3v) is 19.3. The van der Waals surface area contributed by atoms with Gasteiger partial charge >= 0.3 is 139 Å². The van der Waals surface area contributed by atoms with E-state index in [2.05, 4.69) is 45.1 Å². The second-order valence-corrected chi connectivity index (χ2v) is 29.9. The second-order valence-electron chi connectivity index (χ2n) is 29.6. The SMILES string of the molecule is C.C.C.C.CC(C)(O)COc1ccc2c(C(=O)NC3CC4(C3)CC(Oc3nn5ccccc5c3C(N)=O)C4)cnn2c1C1CC1.CCOC(=O)CC(=O)N[n+]1ccccc1.CCOC(=O)CC(=O)OCC.CCOC(=O)c1c(=O)[nH]n2ccccc12.CCOC(=O)c1c(=O)n(Cc2ccc(OC)cc2)n2ccccc12.COc1ccc(CCl)cc1.N[n+]1ccccc1.O=CC(F)(F)F.O=CO[O-].[H-].[I-].[I-].[K+].[K+]. The molecule has 3 aliphatic rings. The molecule has 8 N–H and O–H groups in total. The molecule has 3 aliphatic carbocycles. The number of halogens is 6. The number of hydrogen-bond acceptors (Lipinski definition) is 27. The molecule has 12 aromatic rings. The molecule has 46 heteroatoms. The molecule has 3 amide bonds. The molecule has 760 valence electrons. The number of benzene rings is 2. The minimum absolute atomic E-state index is 0. The van der Waals surface area contributed by atoms with Crippen LogP contribution in [0.5, 0.6) is 23.1 Å². The van der Waals surface area contributed by atoms with E-state index in [0.717, 1.165) is 72.4 Å². The van der Waals surface area contributed by atoms with E-state index in [9.17, 15) is 66.2 Å². The molecule has 0 radical (unpaired) electrons. The van der Waals surface area contributed by atoms with E-state index >= 15 is 0 Å². The van der Waals surface area contributed by atoms with Crippen molar-refractivity contribution in [2.24, 2.45) is 11.1 Å². The monoisotopic (exact) mass is 2270 g/mol. The van der Waals surface area contributed by atoms with Gasteiger partial charge in [0, 0.05) is 60.7 Å². The van der Waals surface area contributed by atoms with E-state index < -0.39 is 65.3 Å². The summed E-state index contributed by atoms with van der Waals surface area (Å²) >= 11 is 5.58. The van der Waals surface area contributed by atoms with Crippen molar-refractivity contribution in [1.82, 2.24) is 43.4 Å². The summed E-state index contributed by atoms with van der Waals surface area (Å²) in [4.78, 5) is 137. The fraction of sp³-hybridized carbons (Fsp3) is 0.368. The average molecular weight is 2270 g/mol. The molecule has 141 heavy (non-hydrogen) atoms. The Labute approximate surface area is 939 Å². The number of fused-ring (bicyclic) bond motifs is 4. The quantitative estimate of drug-likeness (QED) is 0.00302. The molecule has 10 heterocycles. The molecule has 15 rings (SSSR count). The van der Waals surface area contributed by atoms with Crippen LogP contribution in [-0.2, 0) is 69.8 Å². The first-order valence-corrected chi connectivity index (χ1v) is 42.0. The molecule has 38 nitrogen and oxygen atoms in total. The van der Waals surface area contributed by atoms with E-state index in [1.807, 2.05) is 108 Å². The van der Waals surface area contributed by atoms with E-state index in [0.29, 0.717) is 51.8 Å². The van der Waals surface area contributed by atoms with Gasteiger partial charge in [0.1, 0.15) is 48.4 Å². The number of H-pyrrole nitrogens is 1. The average Bonchev–Trinajstić information content (AvgIpc) is 0.912. The zero-order valence-corrected chi connectivity index (χ0v) is 88.4. The van der Waals surface area contributed by atoms with E-state index in [-0.39, 0.29) is 287 Å². The van der Waals surface area contributed by atoms with Crippen LogP contribution in [0.3, 0.4) is 0 Å². The molecule has 3 saturated carbocycles. The maximum absolute atomic E-state index is 13.3. The number of aromatic amines is 1. The van der Waals surface area contributed by atoms with Crippen molar-refractivity contribution in [1.29, 1.82) is 0 Å². The standard InChI is InChI=1S/C30H34N6O5.C18H18N2O4.C10H10N2O3.C10H12N2O3.C8H9ClO.C7H12O4.C5H7N2.C2HF3O.CH2O3.4CH4.2HI.2K.H/c1-29(2,39)16-40-23-9-8-21-20(15-32-36(21)25(23)17-6-7-17)27(38)33-18-11-30(12-18)13-19(14-30)41-28-24(26(31)37)22-5-3-4-10-35(22)34-28;1-3-24-18(22)16-15-6-4-5-11-19(15)20(17(16)21)12-13-7-9-14(23-2)10-8-13;1-2-15-10(14)8-7-5-3-4-6-12(7)11-9(8)13;1-2-15-10(14)8-9(13)11-12-6-4-3-5-7-12;1-10-8-4-2-7(6-9)3-5-8;1-3-10-6(8)5-7(9)11-4-2;6-7-4-2-1-3-5-7;3-2(4,5)1-6;2-1-4-3;;;;;;;;;/h3-5,8-10,15,17-19,39H,6-7,11-14,16H2,1-2H3,(H2,31,37)(H,33,38);4-11H,3,12H2,1-2H3;3-6H,2H2,1H3,(H,11,13);3-7H,2,8H2,1H3;2-5H,6H2,1H3;3-5H2,1-2H3;1-5H,6H2;1H;1,3H;4*1H4;2*1H;;;/q;;;;;;+1;;;;;;;;;2*+1;-1/p-2. The Hall–Kier alpha value is -10.3. The topological polar surface area (TPSA) is 488 Å². The van der Waals surface area contributed by atoms with Crippen molar-refractivity contribution >= 4 is 94.0 Å². The Morgan fingerprint density at radius 1 is 0.638 bits per heavy atom. The predicted molar refractivity (Wildman–Crippen MR) is 500 cm³/mol. The number of carbonyl (C=O) groups is 10. The van der Waals surface area contributed by atoms with Crippen molar-refractivity contribution in [3.8, 4) is 23.1 Å². The zero-order valence-electron chi connectivity index (χ0n) is 78.0. The van der Waals surface area contributed by atoms with Crippen LogP contribution < -0.4 is 218 Å². The number of aldehydes is 1. The Morgan fingerprint density at radius 3 is 1.60 bits per heavy atom. The summed E-state index contributed by atoms with van der Waals surface area (Å²) in [6.07, 6.45) is 13.0. The van der Waals surface area contributed by atoms with Crippen LogP contribution in [0.2, 0.25) is 0 Å². The fourth-order valence-corrected chi connectivity index (χ4v) is 13.4. The Morgan fingerprint density at radius 2 is 1.13 bits per heavy atom. The number of aromatic nitrogens is 10. The van der Waals surface area contributed by atoms with Crippen molar-refractivity contribution in [3.05, 3.63) is 261 Å². The fourth-order valence-electron chi connectivity index (χ4n) is 13.2. The minimum Gasteiger partial charge on any atom is -1.00 e. The van der Waals surface area contributed by atoms with Gasteiger partial charge in [0.25, 0.3) is 35.3 Å². The molecule has 3 fully saturated rings. The summed E-state index contributed by atoms with van der Waals surface area (Å²) in [5.74, 6) is 4.90. The van der Waals surface area contributed by atoms with Crippen LogP contribution in [0.1, 0.15) is 195 Å². The number of nitrogens with one attached hydrogen (secondary N) is 3. The summed E-state index contributed by atoms with van der Waals surface area (Å²) in [5.41, 5.74) is 12.9. The van der Waals surface area contributed by atoms with Crippen LogP contribution >= 0.6 is 11.6 Å². The zero-order chi connectivity index (χ0) is 97.4. The molecule has 0 aliphatic heterocycles. The number of pyridine rings is 6. The number of methoxy groups -OCH3 is 2. The number of nitrogens with zero attached hydrogens (tertiary/aromatic N) is 9. The van der Waals surface area contributed by atoms with Crippen molar-refractivity contribution in [2.75, 3.05) is 65.1 Å². The van der Waals surface area contributed by atoms with Gasteiger partial charge in [-0.3, -0.25) is 62.1 Å². The van der Waals surface area contributed by atoms with Crippen LogP contribution in [0.15, 0.2) is 211 Å². The van der Waals surface area contributed by atoms with Gasteiger partial charge in [-0.1, -0.05) is 93.7 Å². The molecular weight excluding hydrogens is 2150 g/mol. The number of alkyl halides is 4.